The van der Waals surface area contributed by atoms with Crippen molar-refractivity contribution in [2.24, 2.45) is 5.73 Å². The van der Waals surface area contributed by atoms with Gasteiger partial charge in [0, 0.05) is 0 Å². The molecular weight excluding hydrogens is 250 g/mol. The van der Waals surface area contributed by atoms with Crippen molar-refractivity contribution in [1.82, 2.24) is 0 Å². The van der Waals surface area contributed by atoms with Gasteiger partial charge < -0.3 is 15.9 Å². The molecule has 0 amide bonds. The third-order valence-corrected chi connectivity index (χ3v) is 3.95. The molecule has 0 aromatic heterocycles. The molecule has 1 unspecified atom stereocenters. The average Bonchev–Trinajstić information content (AvgIpc) is 2.47. The summed E-state index contributed by atoms with van der Waals surface area (Å²) in [6.07, 6.45) is 8.44. The van der Waals surface area contributed by atoms with E-state index in [-0.39, 0.29) is 0 Å². The lowest BCUT2D eigenvalue weighted by molar-refractivity contribution is 0.0521. The molecule has 1 aromatic carbocycles. The zero-order valence-electron chi connectivity index (χ0n) is 12.9. The molecule has 0 heterocycles. The van der Waals surface area contributed by atoms with Crippen LogP contribution >= 0.6 is 0 Å². The van der Waals surface area contributed by atoms with Gasteiger partial charge in [0.1, 0.15) is 0 Å². The van der Waals surface area contributed by atoms with Gasteiger partial charge in [-0.2, -0.15) is 0 Å². The summed E-state index contributed by atoms with van der Waals surface area (Å²) in [7, 11) is 0. The molecule has 3 nitrogen and oxygen atoms in total. The lowest BCUT2D eigenvalue weighted by atomic mass is 9.84. The first-order chi connectivity index (χ1) is 10.0. The maximum Gasteiger partial charge on any atom is 0.0830 e. The molecule has 110 valence electrons. The van der Waals surface area contributed by atoms with Crippen LogP contribution in [-0.4, -0.2) is 22.4 Å². The minimum absolute atomic E-state index is 0.324. The predicted octanol–water partition coefficient (Wildman–Crippen LogP) is 2.78. The Bertz CT molecular complexity index is 496. The fraction of sp³-hybridized carbons (Fsp3) is 0.529. The Morgan fingerprint density at radius 2 is 2.15 bits per heavy atom. The van der Waals surface area contributed by atoms with Crippen molar-refractivity contribution < 1.29 is 11.6 Å². The molecule has 2 rings (SSSR count). The fourth-order valence-electron chi connectivity index (χ4n) is 2.69. The first-order valence-corrected chi connectivity index (χ1v) is 7.44. The van der Waals surface area contributed by atoms with Gasteiger partial charge in [0.25, 0.3) is 0 Å². The Hall–Kier alpha value is -1.16. The van der Waals surface area contributed by atoms with Crippen molar-refractivity contribution in [1.29, 1.82) is 0 Å². The van der Waals surface area contributed by atoms with Gasteiger partial charge >= 0.3 is 0 Å². The van der Waals surface area contributed by atoms with Gasteiger partial charge in [-0.05, 0) is 43.0 Å². The first-order valence-electron chi connectivity index (χ1n) is 7.94. The number of hydrogen-bond donors (Lipinski definition) is 3. The summed E-state index contributed by atoms with van der Waals surface area (Å²) in [5, 5.41) is 20.5. The Morgan fingerprint density at radius 3 is 2.85 bits per heavy atom. The molecule has 4 N–H and O–H groups in total. The largest absolute Gasteiger partial charge is 0.388 e. The van der Waals surface area contributed by atoms with E-state index in [0.29, 0.717) is 24.6 Å². The molecular formula is C17H25NO2. The van der Waals surface area contributed by atoms with E-state index in [2.05, 4.69) is 0 Å². The number of rotatable bonds is 5. The molecule has 1 aromatic rings. The number of benzene rings is 1. The van der Waals surface area contributed by atoms with Crippen molar-refractivity contribution in [3.63, 3.8) is 0 Å². The van der Waals surface area contributed by atoms with E-state index in [1.807, 2.05) is 24.3 Å². The van der Waals surface area contributed by atoms with E-state index < -0.39 is 11.7 Å². The molecule has 1 atom stereocenters. The van der Waals surface area contributed by atoms with Crippen molar-refractivity contribution >= 4 is 6.08 Å². The van der Waals surface area contributed by atoms with E-state index in [1.54, 1.807) is 6.07 Å². The Balaban J connectivity index is 2.15. The quantitative estimate of drug-likeness (QED) is 0.774. The minimum atomic E-state index is -0.700. The van der Waals surface area contributed by atoms with Crippen LogP contribution in [0.25, 0.3) is 6.08 Å². The molecule has 1 aliphatic rings. The number of nitrogens with two attached hydrogens (primary N) is 1. The molecule has 0 saturated heterocycles. The maximum atomic E-state index is 10.5. The summed E-state index contributed by atoms with van der Waals surface area (Å²) < 4.78 is 7.87. The van der Waals surface area contributed by atoms with Gasteiger partial charge in [-0.25, -0.2) is 0 Å². The van der Waals surface area contributed by atoms with Gasteiger partial charge in [-0.3, -0.25) is 0 Å². The standard InChI is InChI=1S/C17H25NO2/c18-12-8-16(19)15-6-4-5-14(13-15)7-11-17(20)9-2-1-3-10-17/h4-7,11,13,16,19-20H,1-3,8-10,12,18H2/b11-7+/i6D. The van der Waals surface area contributed by atoms with E-state index in [1.165, 1.54) is 6.42 Å². The predicted molar refractivity (Wildman–Crippen MR) is 82.1 cm³/mol. The molecule has 1 aliphatic carbocycles. The molecule has 0 bridgehead atoms. The Labute approximate surface area is 122 Å². The van der Waals surface area contributed by atoms with E-state index in [0.717, 1.165) is 31.2 Å². The summed E-state index contributed by atoms with van der Waals surface area (Å²) in [5.74, 6) is 0. The molecule has 0 aliphatic heterocycles. The van der Waals surface area contributed by atoms with Crippen LogP contribution in [0, 0.1) is 0 Å². The van der Waals surface area contributed by atoms with Crippen LogP contribution in [0.1, 0.15) is 57.1 Å². The highest BCUT2D eigenvalue weighted by molar-refractivity contribution is 5.52. The smallest absolute Gasteiger partial charge is 0.0830 e. The minimum Gasteiger partial charge on any atom is -0.388 e. The second kappa shape index (κ2) is 7.02. The van der Waals surface area contributed by atoms with E-state index >= 15 is 0 Å². The summed E-state index contributed by atoms with van der Waals surface area (Å²) in [6, 6.07) is 5.65. The third-order valence-electron chi connectivity index (χ3n) is 3.95. The van der Waals surface area contributed by atoms with Crippen molar-refractivity contribution in [3.8, 4) is 0 Å². The number of hydrogen-bond acceptors (Lipinski definition) is 3. The van der Waals surface area contributed by atoms with Gasteiger partial charge in [0.2, 0.25) is 0 Å². The summed E-state index contributed by atoms with van der Waals surface area (Å²) in [4.78, 5) is 0. The van der Waals surface area contributed by atoms with Crippen molar-refractivity contribution in [3.05, 3.63) is 41.4 Å². The SMILES string of the molecule is [2H]c1ccc(/C=C/C2(O)CCCCC2)cc1C(O)CCN. The van der Waals surface area contributed by atoms with Crippen LogP contribution in [0.4, 0.5) is 0 Å². The monoisotopic (exact) mass is 276 g/mol. The van der Waals surface area contributed by atoms with Crippen LogP contribution in [0.15, 0.2) is 30.3 Å². The first kappa shape index (κ1) is 13.8. The fourth-order valence-corrected chi connectivity index (χ4v) is 2.69. The normalized spacial score (nSPS) is 20.9. The molecule has 0 spiro atoms. The van der Waals surface area contributed by atoms with Gasteiger partial charge in [0.15, 0.2) is 0 Å². The van der Waals surface area contributed by atoms with E-state index in [9.17, 15) is 10.2 Å². The molecule has 1 saturated carbocycles. The van der Waals surface area contributed by atoms with Crippen LogP contribution in [-0.2, 0) is 0 Å². The topological polar surface area (TPSA) is 66.5 Å². The lowest BCUT2D eigenvalue weighted by Crippen LogP contribution is -2.28. The highest BCUT2D eigenvalue weighted by Gasteiger charge is 2.25. The zero-order valence-corrected chi connectivity index (χ0v) is 11.9. The molecule has 3 heteroatoms. The average molecular weight is 276 g/mol. The summed E-state index contributed by atoms with van der Waals surface area (Å²) in [5.41, 5.74) is 6.25. The lowest BCUT2D eigenvalue weighted by Gasteiger charge is -2.28. The summed E-state index contributed by atoms with van der Waals surface area (Å²) in [6.45, 7) is 0.389. The second-order valence-electron chi connectivity index (χ2n) is 5.67. The second-order valence-corrected chi connectivity index (χ2v) is 5.67. The summed E-state index contributed by atoms with van der Waals surface area (Å²) >= 11 is 0. The van der Waals surface area contributed by atoms with E-state index in [4.69, 9.17) is 7.10 Å². The number of aliphatic hydroxyl groups excluding tert-OH is 1. The molecule has 20 heavy (non-hydrogen) atoms. The van der Waals surface area contributed by atoms with Crippen LogP contribution in [0.3, 0.4) is 0 Å². The Morgan fingerprint density at radius 1 is 1.40 bits per heavy atom. The third kappa shape index (κ3) is 4.17. The maximum absolute atomic E-state index is 10.5. The van der Waals surface area contributed by atoms with Crippen molar-refractivity contribution in [2.75, 3.05) is 6.54 Å². The molecule has 1 fully saturated rings. The highest BCUT2D eigenvalue weighted by Crippen LogP contribution is 2.30. The van der Waals surface area contributed by atoms with Crippen LogP contribution < -0.4 is 5.73 Å². The van der Waals surface area contributed by atoms with Gasteiger partial charge in [0.05, 0.1) is 13.1 Å². The van der Waals surface area contributed by atoms with Crippen LogP contribution in [0.5, 0.6) is 0 Å². The zero-order chi connectivity index (χ0) is 15.3. The van der Waals surface area contributed by atoms with Crippen LogP contribution in [0.2, 0.25) is 0 Å². The van der Waals surface area contributed by atoms with Gasteiger partial charge in [-0.15, -0.1) is 0 Å². The highest BCUT2D eigenvalue weighted by atomic mass is 16.3. The van der Waals surface area contributed by atoms with Gasteiger partial charge in [-0.1, -0.05) is 49.6 Å². The Kier molecular flexibility index (Phi) is 4.85. The molecule has 0 radical (unpaired) electrons. The van der Waals surface area contributed by atoms with Crippen molar-refractivity contribution in [2.45, 2.75) is 50.2 Å². The number of aliphatic hydroxyl groups is 2.